The normalized spacial score (nSPS) is 18.7. The molecular formula is C20H38N4S. The third-order valence-electron chi connectivity index (χ3n) is 4.96. The summed E-state index contributed by atoms with van der Waals surface area (Å²) in [7, 11) is 0. The molecule has 5 heteroatoms. The fraction of sp³-hybridized carbons (Fsp3) is 0.900. The number of nitrogens with zero attached hydrogens (tertiary/aromatic N) is 3. The molecule has 4 nitrogen and oxygen atoms in total. The number of likely N-dealkylation sites (tertiary alicyclic amines) is 1. The predicted molar refractivity (Wildman–Crippen MR) is 108 cm³/mol. The fourth-order valence-corrected chi connectivity index (χ4v) is 4.81. The Morgan fingerprint density at radius 2 is 1.60 bits per heavy atom. The second kappa shape index (κ2) is 7.61. The molecule has 1 fully saturated rings. The van der Waals surface area contributed by atoms with E-state index in [0.717, 1.165) is 16.6 Å². The quantitative estimate of drug-likeness (QED) is 0.826. The Labute approximate surface area is 158 Å². The van der Waals surface area contributed by atoms with Crippen LogP contribution < -0.4 is 5.32 Å². The minimum atomic E-state index is 0.0971. The van der Waals surface area contributed by atoms with Crippen molar-refractivity contribution in [1.82, 2.24) is 20.4 Å². The first-order chi connectivity index (χ1) is 11.4. The van der Waals surface area contributed by atoms with Gasteiger partial charge >= 0.3 is 0 Å². The van der Waals surface area contributed by atoms with Crippen molar-refractivity contribution in [3.8, 4) is 0 Å². The lowest BCUT2D eigenvalue weighted by Crippen LogP contribution is -2.52. The molecular weight excluding hydrogens is 328 g/mol. The average molecular weight is 367 g/mol. The van der Waals surface area contributed by atoms with Gasteiger partial charge in [0, 0.05) is 36.6 Å². The van der Waals surface area contributed by atoms with E-state index in [-0.39, 0.29) is 11.0 Å². The van der Waals surface area contributed by atoms with Crippen molar-refractivity contribution in [3.63, 3.8) is 0 Å². The molecule has 0 spiro atoms. The second-order valence-corrected chi connectivity index (χ2v) is 11.5. The van der Waals surface area contributed by atoms with Gasteiger partial charge in [0.2, 0.25) is 0 Å². The summed E-state index contributed by atoms with van der Waals surface area (Å²) >= 11 is 1.74. The van der Waals surface area contributed by atoms with Crippen LogP contribution in [-0.2, 0) is 12.0 Å². The van der Waals surface area contributed by atoms with Crippen LogP contribution in [0.15, 0.2) is 0 Å². The number of rotatable bonds is 5. The summed E-state index contributed by atoms with van der Waals surface area (Å²) in [4.78, 5) is 2.68. The van der Waals surface area contributed by atoms with Crippen LogP contribution in [0, 0.1) is 5.41 Å². The maximum Gasteiger partial charge on any atom is 0.131 e. The summed E-state index contributed by atoms with van der Waals surface area (Å²) in [6.45, 7) is 21.6. The van der Waals surface area contributed by atoms with Crippen molar-refractivity contribution in [1.29, 1.82) is 0 Å². The third-order valence-corrected chi connectivity index (χ3v) is 6.31. The lowest BCUT2D eigenvalue weighted by Gasteiger charge is -2.45. The highest BCUT2D eigenvalue weighted by Crippen LogP contribution is 2.33. The zero-order chi connectivity index (χ0) is 18.9. The molecule has 0 radical (unpaired) electrons. The summed E-state index contributed by atoms with van der Waals surface area (Å²) < 4.78 is 0. The van der Waals surface area contributed by atoms with Crippen LogP contribution >= 0.6 is 11.3 Å². The molecule has 0 atom stereocenters. The van der Waals surface area contributed by atoms with Gasteiger partial charge in [-0.2, -0.15) is 0 Å². The molecule has 1 saturated heterocycles. The van der Waals surface area contributed by atoms with Gasteiger partial charge in [-0.05, 0) is 38.5 Å². The average Bonchev–Trinajstić information content (AvgIpc) is 2.92. The Morgan fingerprint density at radius 3 is 2.08 bits per heavy atom. The van der Waals surface area contributed by atoms with Gasteiger partial charge in [0.1, 0.15) is 10.0 Å². The smallest absolute Gasteiger partial charge is 0.131 e. The Bertz CT molecular complexity index is 543. The first kappa shape index (κ1) is 20.8. The lowest BCUT2D eigenvalue weighted by atomic mass is 9.80. The van der Waals surface area contributed by atoms with Gasteiger partial charge in [-0.1, -0.05) is 52.9 Å². The number of aromatic nitrogens is 2. The van der Waals surface area contributed by atoms with Crippen molar-refractivity contribution in [2.24, 2.45) is 5.41 Å². The molecule has 1 aromatic rings. The van der Waals surface area contributed by atoms with E-state index in [4.69, 9.17) is 0 Å². The van der Waals surface area contributed by atoms with Gasteiger partial charge in [-0.15, -0.1) is 10.2 Å². The second-order valence-electron chi connectivity index (χ2n) is 10.4. The van der Waals surface area contributed by atoms with E-state index >= 15 is 0 Å². The van der Waals surface area contributed by atoms with Crippen LogP contribution in [0.2, 0.25) is 0 Å². The number of nitrogens with one attached hydrogen (secondary N) is 1. The van der Waals surface area contributed by atoms with Crippen molar-refractivity contribution < 1.29 is 0 Å². The first-order valence-electron chi connectivity index (χ1n) is 9.68. The molecule has 0 saturated carbocycles. The topological polar surface area (TPSA) is 41.0 Å². The predicted octanol–water partition coefficient (Wildman–Crippen LogP) is 4.60. The molecule has 0 amide bonds. The molecule has 2 heterocycles. The monoisotopic (exact) mass is 366 g/mol. The zero-order valence-corrected chi connectivity index (χ0v) is 18.4. The Morgan fingerprint density at radius 1 is 1.00 bits per heavy atom. The van der Waals surface area contributed by atoms with Gasteiger partial charge < -0.3 is 5.32 Å². The van der Waals surface area contributed by atoms with Crippen LogP contribution in [0.5, 0.6) is 0 Å². The zero-order valence-electron chi connectivity index (χ0n) is 17.6. The van der Waals surface area contributed by atoms with Crippen LogP contribution in [0.3, 0.4) is 0 Å². The highest BCUT2D eigenvalue weighted by molar-refractivity contribution is 7.11. The summed E-state index contributed by atoms with van der Waals surface area (Å²) in [6, 6.07) is 0.601. The van der Waals surface area contributed by atoms with Crippen LogP contribution in [0.25, 0.3) is 0 Å². The van der Waals surface area contributed by atoms with Crippen molar-refractivity contribution in [3.05, 3.63) is 10.0 Å². The summed E-state index contributed by atoms with van der Waals surface area (Å²) in [6.07, 6.45) is 3.68. The molecule has 2 rings (SSSR count). The molecule has 25 heavy (non-hydrogen) atoms. The summed E-state index contributed by atoms with van der Waals surface area (Å²) in [5.41, 5.74) is 0.755. The minimum absolute atomic E-state index is 0.0971. The van der Waals surface area contributed by atoms with Crippen LogP contribution in [0.1, 0.15) is 84.7 Å². The van der Waals surface area contributed by atoms with E-state index in [1.807, 2.05) is 0 Å². The van der Waals surface area contributed by atoms with E-state index in [9.17, 15) is 0 Å². The number of hydrogen-bond donors (Lipinski definition) is 1. The molecule has 0 unspecified atom stereocenters. The molecule has 1 aliphatic rings. The lowest BCUT2D eigenvalue weighted by molar-refractivity contribution is 0.0504. The maximum absolute atomic E-state index is 4.36. The highest BCUT2D eigenvalue weighted by atomic mass is 32.1. The van der Waals surface area contributed by atoms with Crippen molar-refractivity contribution in [2.75, 3.05) is 13.1 Å². The van der Waals surface area contributed by atoms with E-state index in [1.54, 1.807) is 11.3 Å². The fourth-order valence-electron chi connectivity index (χ4n) is 3.96. The largest absolute Gasteiger partial charge is 0.308 e. The third kappa shape index (κ3) is 6.30. The first-order valence-corrected chi connectivity index (χ1v) is 10.5. The number of hydrogen-bond acceptors (Lipinski definition) is 5. The highest BCUT2D eigenvalue weighted by Gasteiger charge is 2.33. The Kier molecular flexibility index (Phi) is 6.33. The summed E-state index contributed by atoms with van der Waals surface area (Å²) in [5, 5.41) is 14.7. The van der Waals surface area contributed by atoms with E-state index in [1.165, 1.54) is 32.4 Å². The molecule has 1 N–H and O–H groups in total. The Balaban J connectivity index is 1.80. The molecule has 0 aromatic carbocycles. The standard InChI is InChI=1S/C20H38N4S/c1-18(2,3)14-20(7,8)24-11-9-15(10-12-24)21-13-16-22-23-17(25-16)19(4,5)6/h15,21H,9-14H2,1-8H3. The molecule has 0 bridgehead atoms. The van der Waals surface area contributed by atoms with E-state index in [0.29, 0.717) is 11.5 Å². The molecule has 1 aliphatic heterocycles. The Hall–Kier alpha value is -0.520. The van der Waals surface area contributed by atoms with Gasteiger partial charge in [0.25, 0.3) is 0 Å². The van der Waals surface area contributed by atoms with Crippen LogP contribution in [-0.4, -0.2) is 39.8 Å². The summed E-state index contributed by atoms with van der Waals surface area (Å²) in [5.74, 6) is 0. The molecule has 144 valence electrons. The number of piperidine rings is 1. The van der Waals surface area contributed by atoms with E-state index < -0.39 is 0 Å². The van der Waals surface area contributed by atoms with E-state index in [2.05, 4.69) is 75.8 Å². The minimum Gasteiger partial charge on any atom is -0.308 e. The van der Waals surface area contributed by atoms with Crippen LogP contribution in [0.4, 0.5) is 0 Å². The van der Waals surface area contributed by atoms with Gasteiger partial charge in [0.05, 0.1) is 0 Å². The van der Waals surface area contributed by atoms with Gasteiger partial charge in [-0.25, -0.2) is 0 Å². The van der Waals surface area contributed by atoms with Gasteiger partial charge in [0.15, 0.2) is 0 Å². The molecule has 0 aliphatic carbocycles. The van der Waals surface area contributed by atoms with Crippen molar-refractivity contribution in [2.45, 2.75) is 98.2 Å². The maximum atomic E-state index is 4.36. The van der Waals surface area contributed by atoms with Gasteiger partial charge in [-0.3, -0.25) is 4.90 Å². The SMILES string of the molecule is CC(C)(C)CC(C)(C)N1CCC(NCc2nnc(C(C)(C)C)s2)CC1. The molecule has 1 aromatic heterocycles. The van der Waals surface area contributed by atoms with Crippen molar-refractivity contribution >= 4 is 11.3 Å².